The largest absolute Gasteiger partial charge is 0.593 e. The zero-order valence-corrected chi connectivity index (χ0v) is 6.31. The second-order valence-electron chi connectivity index (χ2n) is 2.68. The first-order chi connectivity index (χ1) is 5.29. The summed E-state index contributed by atoms with van der Waals surface area (Å²) in [6.07, 6.45) is 1.90. The third-order valence-corrected chi connectivity index (χ3v) is 2.00. The van der Waals surface area contributed by atoms with Crippen LogP contribution in [0.1, 0.15) is 5.56 Å². The molecule has 0 bridgehead atoms. The lowest BCUT2D eigenvalue weighted by atomic mass is 10.1. The minimum atomic E-state index is 0.608. The summed E-state index contributed by atoms with van der Waals surface area (Å²) in [4.78, 5) is 3.10. The minimum Gasteiger partial charge on any atom is -0.593 e. The fourth-order valence-corrected chi connectivity index (χ4v) is 1.28. The number of hydrogen-bond acceptors (Lipinski definition) is 0. The van der Waals surface area contributed by atoms with Crippen LogP contribution in [0, 0.1) is 6.92 Å². The van der Waals surface area contributed by atoms with E-state index in [-0.39, 0.29) is 0 Å². The summed E-state index contributed by atoms with van der Waals surface area (Å²) in [6.45, 7) is 1.97. The molecule has 2 aromatic rings. The Labute approximate surface area is 64.5 Å². The van der Waals surface area contributed by atoms with Gasteiger partial charge >= 0.3 is 0 Å². The van der Waals surface area contributed by atoms with Crippen LogP contribution in [-0.4, -0.2) is 10.1 Å². The van der Waals surface area contributed by atoms with Gasteiger partial charge in [-0.05, 0) is 19.1 Å². The minimum absolute atomic E-state index is 0.608. The molecule has 1 heterocycles. The van der Waals surface area contributed by atoms with Crippen LogP contribution in [0.15, 0.2) is 24.4 Å². The molecule has 56 valence electrons. The maximum Gasteiger partial charge on any atom is 0.257 e. The van der Waals surface area contributed by atoms with Crippen molar-refractivity contribution < 1.29 is 5.11 Å². The molecule has 0 aliphatic rings. The highest BCUT2D eigenvalue weighted by atomic mass is 16.3. The Hall–Kier alpha value is -1.44. The molecule has 0 aliphatic heterocycles. The van der Waals surface area contributed by atoms with E-state index in [1.807, 2.05) is 31.3 Å². The highest BCUT2D eigenvalue weighted by molar-refractivity contribution is 5.84. The van der Waals surface area contributed by atoms with Gasteiger partial charge in [0, 0.05) is 23.2 Å². The van der Waals surface area contributed by atoms with Crippen molar-refractivity contribution in [3.63, 3.8) is 0 Å². The fourth-order valence-electron chi connectivity index (χ4n) is 1.28. The van der Waals surface area contributed by atoms with Crippen molar-refractivity contribution in [1.82, 2.24) is 4.98 Å². The van der Waals surface area contributed by atoms with E-state index in [9.17, 15) is 0 Å². The van der Waals surface area contributed by atoms with Crippen LogP contribution < -0.4 is 0 Å². The standard InChI is InChI=1S/C9H9NO/c1-6-7-4-5-10-8(7)2-3-9(6)11/h2-5,10-11H,1H3/p+1. The lowest BCUT2D eigenvalue weighted by molar-refractivity contribution is 0.472. The molecule has 0 radical (unpaired) electrons. The van der Waals surface area contributed by atoms with Gasteiger partial charge in [-0.25, -0.2) is 0 Å². The average molecular weight is 148 g/mol. The average Bonchev–Trinajstić information content (AvgIpc) is 2.45. The molecule has 0 atom stereocenters. The molecule has 0 spiro atoms. The first-order valence-electron chi connectivity index (χ1n) is 3.57. The first kappa shape index (κ1) is 6.28. The first-order valence-corrected chi connectivity index (χ1v) is 3.57. The van der Waals surface area contributed by atoms with E-state index in [0.29, 0.717) is 5.75 Å². The molecule has 2 heteroatoms. The Balaban J connectivity index is 2.93. The lowest BCUT2D eigenvalue weighted by Crippen LogP contribution is -1.75. The zero-order valence-electron chi connectivity index (χ0n) is 6.31. The van der Waals surface area contributed by atoms with Crippen LogP contribution >= 0.6 is 0 Å². The van der Waals surface area contributed by atoms with E-state index >= 15 is 0 Å². The van der Waals surface area contributed by atoms with Crippen molar-refractivity contribution in [2.75, 3.05) is 0 Å². The van der Waals surface area contributed by atoms with Gasteiger partial charge < -0.3 is 10.1 Å². The van der Waals surface area contributed by atoms with Crippen LogP contribution in [-0.2, 0) is 0 Å². The van der Waals surface area contributed by atoms with Crippen molar-refractivity contribution in [3.8, 4) is 5.75 Å². The topological polar surface area (TPSA) is 38.7 Å². The van der Waals surface area contributed by atoms with Gasteiger partial charge in [-0.3, -0.25) is 0 Å². The molecule has 3 N–H and O–H groups in total. The van der Waals surface area contributed by atoms with Crippen molar-refractivity contribution in [2.24, 2.45) is 0 Å². The second kappa shape index (κ2) is 2.02. The molecule has 2 rings (SSSR count). The quantitative estimate of drug-likeness (QED) is 0.554. The van der Waals surface area contributed by atoms with E-state index < -0.39 is 0 Å². The predicted octanol–water partition coefficient (Wildman–Crippen LogP) is 1.91. The van der Waals surface area contributed by atoms with Gasteiger partial charge in [-0.2, -0.15) is 0 Å². The molecule has 0 saturated carbocycles. The Morgan fingerprint density at radius 3 is 2.91 bits per heavy atom. The van der Waals surface area contributed by atoms with Crippen molar-refractivity contribution in [1.29, 1.82) is 0 Å². The molecule has 0 amide bonds. The molecule has 0 saturated heterocycles. The molecular weight excluding hydrogens is 138 g/mol. The molecule has 0 unspecified atom stereocenters. The van der Waals surface area contributed by atoms with Gasteiger partial charge in [0.05, 0.1) is 5.56 Å². The highest BCUT2D eigenvalue weighted by Crippen LogP contribution is 2.24. The van der Waals surface area contributed by atoms with Gasteiger partial charge in [0.1, 0.15) is 0 Å². The third-order valence-electron chi connectivity index (χ3n) is 2.00. The van der Waals surface area contributed by atoms with E-state index in [4.69, 9.17) is 5.11 Å². The Bertz CT molecular complexity index is 389. The van der Waals surface area contributed by atoms with E-state index in [1.165, 1.54) is 0 Å². The summed E-state index contributed by atoms with van der Waals surface area (Å²) in [5.74, 6) is 0.608. The summed E-state index contributed by atoms with van der Waals surface area (Å²) < 4.78 is 0. The van der Waals surface area contributed by atoms with E-state index in [1.54, 1.807) is 0 Å². The summed E-state index contributed by atoms with van der Waals surface area (Å²) in [5.41, 5.74) is 2.15. The van der Waals surface area contributed by atoms with Crippen LogP contribution in [0.5, 0.6) is 5.75 Å². The van der Waals surface area contributed by atoms with Crippen molar-refractivity contribution >= 4 is 10.9 Å². The van der Waals surface area contributed by atoms with Gasteiger partial charge in [0.25, 0.3) is 5.75 Å². The summed E-state index contributed by atoms with van der Waals surface area (Å²) in [6, 6.07) is 5.75. The lowest BCUT2D eigenvalue weighted by Gasteiger charge is -1.94. The smallest absolute Gasteiger partial charge is 0.257 e. The Morgan fingerprint density at radius 2 is 2.09 bits per heavy atom. The number of H-pyrrole nitrogens is 1. The van der Waals surface area contributed by atoms with E-state index in [2.05, 4.69) is 4.98 Å². The van der Waals surface area contributed by atoms with Crippen LogP contribution in [0.25, 0.3) is 10.9 Å². The molecule has 1 aromatic carbocycles. The monoisotopic (exact) mass is 148 g/mol. The molecule has 1 aromatic heterocycles. The third kappa shape index (κ3) is 0.792. The molecule has 2 nitrogen and oxygen atoms in total. The number of hydrogen-bond donors (Lipinski definition) is 1. The fraction of sp³-hybridized carbons (Fsp3) is 0.111. The van der Waals surface area contributed by atoms with Crippen LogP contribution in [0.3, 0.4) is 0 Å². The Morgan fingerprint density at radius 1 is 1.27 bits per heavy atom. The number of fused-ring (bicyclic) bond motifs is 1. The van der Waals surface area contributed by atoms with Gasteiger partial charge in [0.2, 0.25) is 0 Å². The molecule has 0 aliphatic carbocycles. The number of aromatic amines is 1. The van der Waals surface area contributed by atoms with Crippen molar-refractivity contribution in [3.05, 3.63) is 30.0 Å². The maximum absolute atomic E-state index is 7.53. The van der Waals surface area contributed by atoms with Gasteiger partial charge in [0.15, 0.2) is 0 Å². The highest BCUT2D eigenvalue weighted by Gasteiger charge is 2.04. The van der Waals surface area contributed by atoms with Gasteiger partial charge in [-0.1, -0.05) is 0 Å². The summed E-state index contributed by atoms with van der Waals surface area (Å²) in [7, 11) is 0. The normalized spacial score (nSPS) is 10.6. The number of aryl methyl sites for hydroxylation is 1. The SMILES string of the molecule is Cc1c([OH2+])ccc2[nH]ccc12. The number of nitrogens with one attached hydrogen (secondary N) is 1. The number of aromatic nitrogens is 1. The van der Waals surface area contributed by atoms with E-state index in [0.717, 1.165) is 16.5 Å². The maximum atomic E-state index is 7.53. The molecule has 0 fully saturated rings. The summed E-state index contributed by atoms with van der Waals surface area (Å²) >= 11 is 0. The molecular formula is C9H10NO+. The molecule has 11 heavy (non-hydrogen) atoms. The number of benzene rings is 1. The zero-order chi connectivity index (χ0) is 7.84. The summed E-state index contributed by atoms with van der Waals surface area (Å²) in [5, 5.41) is 8.68. The number of rotatable bonds is 0. The second-order valence-corrected chi connectivity index (χ2v) is 2.68. The van der Waals surface area contributed by atoms with Crippen LogP contribution in [0.4, 0.5) is 0 Å². The van der Waals surface area contributed by atoms with Gasteiger partial charge in [-0.15, -0.1) is 0 Å². The van der Waals surface area contributed by atoms with Crippen LogP contribution in [0.2, 0.25) is 0 Å². The Kier molecular flexibility index (Phi) is 1.15. The van der Waals surface area contributed by atoms with Crippen molar-refractivity contribution in [2.45, 2.75) is 6.92 Å². The predicted molar refractivity (Wildman–Crippen MR) is 46.1 cm³/mol.